The van der Waals surface area contributed by atoms with Gasteiger partial charge in [0.2, 0.25) is 0 Å². The second kappa shape index (κ2) is 5.05. The van der Waals surface area contributed by atoms with E-state index in [1.807, 2.05) is 13.8 Å². The van der Waals surface area contributed by atoms with Crippen LogP contribution in [0.2, 0.25) is 0 Å². The molecule has 0 unspecified atom stereocenters. The van der Waals surface area contributed by atoms with Crippen molar-refractivity contribution in [1.29, 1.82) is 0 Å². The normalized spacial score (nSPS) is 12.2. The van der Waals surface area contributed by atoms with Crippen molar-refractivity contribution in [3.8, 4) is 0 Å². The number of amidine groups is 1. The fourth-order valence-corrected chi connectivity index (χ4v) is 0.333. The highest BCUT2D eigenvalue weighted by Gasteiger charge is 1.92. The van der Waals surface area contributed by atoms with Gasteiger partial charge in [0.05, 0.1) is 6.61 Å². The molecule has 0 radical (unpaired) electrons. The van der Waals surface area contributed by atoms with Crippen LogP contribution in [0.15, 0.2) is 5.16 Å². The zero-order chi connectivity index (χ0) is 7.98. The summed E-state index contributed by atoms with van der Waals surface area (Å²) in [4.78, 5) is 4.81. The lowest BCUT2D eigenvalue weighted by Gasteiger charge is -2.02. The lowest BCUT2D eigenvalue weighted by molar-refractivity contribution is 0.0847. The van der Waals surface area contributed by atoms with Gasteiger partial charge in [-0.15, -0.1) is 0 Å². The summed E-state index contributed by atoms with van der Waals surface area (Å²) in [6.45, 7) is 3.72. The highest BCUT2D eigenvalue weighted by molar-refractivity contribution is 5.79. The van der Waals surface area contributed by atoms with Crippen molar-refractivity contribution in [1.82, 2.24) is 0 Å². The van der Waals surface area contributed by atoms with E-state index >= 15 is 0 Å². The van der Waals surface area contributed by atoms with Gasteiger partial charge in [-0.3, -0.25) is 0 Å². The zero-order valence-electron chi connectivity index (χ0n) is 6.37. The maximum absolute atomic E-state index is 8.39. The molecule has 0 fully saturated rings. The molecule has 60 valence electrons. The van der Waals surface area contributed by atoms with E-state index in [1.165, 1.54) is 0 Å². The molecule has 4 nitrogen and oxygen atoms in total. The fraction of sp³-hybridized carbons (Fsp3) is 0.833. The molecule has 0 aliphatic carbocycles. The van der Waals surface area contributed by atoms with Crippen molar-refractivity contribution in [3.63, 3.8) is 0 Å². The first-order valence-electron chi connectivity index (χ1n) is 3.26. The molecular weight excluding hydrogens is 132 g/mol. The van der Waals surface area contributed by atoms with Crippen LogP contribution < -0.4 is 5.73 Å². The lowest BCUT2D eigenvalue weighted by atomic mass is 10.4. The largest absolute Gasteiger partial charge is 0.396 e. The summed E-state index contributed by atoms with van der Waals surface area (Å²) < 4.78 is 0. The van der Waals surface area contributed by atoms with Crippen LogP contribution in [0.4, 0.5) is 0 Å². The number of hydrogen-bond acceptors (Lipinski definition) is 3. The fourth-order valence-electron chi connectivity index (χ4n) is 0.333. The van der Waals surface area contributed by atoms with E-state index in [1.54, 1.807) is 0 Å². The van der Waals surface area contributed by atoms with Crippen LogP contribution in [0.5, 0.6) is 0 Å². The van der Waals surface area contributed by atoms with Crippen molar-refractivity contribution < 1.29 is 9.94 Å². The minimum Gasteiger partial charge on any atom is -0.396 e. The molecule has 0 aromatic rings. The maximum Gasteiger partial charge on any atom is 0.141 e. The Morgan fingerprint density at radius 1 is 1.70 bits per heavy atom. The van der Waals surface area contributed by atoms with Gasteiger partial charge in [0.1, 0.15) is 11.9 Å². The number of nitrogens with zero attached hydrogens (tertiary/aromatic N) is 1. The van der Waals surface area contributed by atoms with Gasteiger partial charge in [-0.05, 0) is 13.8 Å². The van der Waals surface area contributed by atoms with Crippen molar-refractivity contribution in [2.24, 2.45) is 10.9 Å². The average Bonchev–Trinajstić information content (AvgIpc) is 1.85. The minimum atomic E-state index is 0.0107. The van der Waals surface area contributed by atoms with Crippen molar-refractivity contribution in [3.05, 3.63) is 0 Å². The summed E-state index contributed by atoms with van der Waals surface area (Å²) in [6.07, 6.45) is 0.407. The molecule has 0 spiro atoms. The van der Waals surface area contributed by atoms with Crippen LogP contribution in [-0.2, 0) is 4.84 Å². The Kier molecular flexibility index (Phi) is 4.66. The third kappa shape index (κ3) is 5.37. The molecule has 0 atom stereocenters. The van der Waals surface area contributed by atoms with Gasteiger partial charge in [-0.25, -0.2) is 0 Å². The van der Waals surface area contributed by atoms with E-state index in [-0.39, 0.29) is 12.7 Å². The molecule has 0 aliphatic heterocycles. The van der Waals surface area contributed by atoms with E-state index in [4.69, 9.17) is 15.7 Å². The summed E-state index contributed by atoms with van der Waals surface area (Å²) in [7, 11) is 0. The van der Waals surface area contributed by atoms with Crippen molar-refractivity contribution in [2.75, 3.05) is 6.61 Å². The predicted octanol–water partition coefficient (Wildman–Crippen LogP) is 0.0660. The second-order valence-electron chi connectivity index (χ2n) is 2.21. The van der Waals surface area contributed by atoms with Crippen LogP contribution in [0, 0.1) is 0 Å². The summed E-state index contributed by atoms with van der Waals surface area (Å²) in [5.74, 6) is 0.330. The molecule has 10 heavy (non-hydrogen) atoms. The minimum absolute atomic E-state index is 0.0107. The summed E-state index contributed by atoms with van der Waals surface area (Å²) in [6, 6.07) is 0. The van der Waals surface area contributed by atoms with E-state index < -0.39 is 0 Å². The van der Waals surface area contributed by atoms with Crippen molar-refractivity contribution >= 4 is 5.84 Å². The lowest BCUT2D eigenvalue weighted by Crippen LogP contribution is -2.14. The Morgan fingerprint density at radius 3 is 2.70 bits per heavy atom. The first-order valence-corrected chi connectivity index (χ1v) is 3.26. The first-order chi connectivity index (χ1) is 4.66. The maximum atomic E-state index is 8.39. The molecule has 0 bridgehead atoms. The van der Waals surface area contributed by atoms with Gasteiger partial charge in [-0.1, -0.05) is 5.16 Å². The number of nitrogens with two attached hydrogens (primary N) is 1. The Bertz CT molecular complexity index is 112. The van der Waals surface area contributed by atoms with Crippen LogP contribution in [0.25, 0.3) is 0 Å². The van der Waals surface area contributed by atoms with E-state index in [9.17, 15) is 0 Å². The summed E-state index contributed by atoms with van der Waals surface area (Å²) >= 11 is 0. The molecule has 0 amide bonds. The smallest absolute Gasteiger partial charge is 0.141 e. The Balaban J connectivity index is 3.47. The first kappa shape index (κ1) is 9.23. The highest BCUT2D eigenvalue weighted by atomic mass is 16.6. The van der Waals surface area contributed by atoms with Gasteiger partial charge in [0, 0.05) is 6.42 Å². The Morgan fingerprint density at radius 2 is 2.30 bits per heavy atom. The molecule has 0 aliphatic rings. The van der Waals surface area contributed by atoms with Crippen LogP contribution in [-0.4, -0.2) is 23.7 Å². The number of oxime groups is 1. The molecule has 0 heterocycles. The van der Waals surface area contributed by atoms with Crippen LogP contribution >= 0.6 is 0 Å². The van der Waals surface area contributed by atoms with Gasteiger partial charge < -0.3 is 15.7 Å². The third-order valence-electron chi connectivity index (χ3n) is 0.749. The molecule has 0 aromatic carbocycles. The van der Waals surface area contributed by atoms with E-state index in [0.717, 1.165) is 0 Å². The zero-order valence-corrected chi connectivity index (χ0v) is 6.37. The number of aliphatic hydroxyl groups is 1. The number of hydrogen-bond donors (Lipinski definition) is 2. The molecular formula is C6H14N2O2. The molecule has 0 rings (SSSR count). The third-order valence-corrected chi connectivity index (χ3v) is 0.749. The molecule has 0 saturated carbocycles. The van der Waals surface area contributed by atoms with Gasteiger partial charge in [0.25, 0.3) is 0 Å². The van der Waals surface area contributed by atoms with Crippen LogP contribution in [0.3, 0.4) is 0 Å². The van der Waals surface area contributed by atoms with Gasteiger partial charge >= 0.3 is 0 Å². The molecule has 0 saturated heterocycles. The standard InChI is InChI=1S/C6H14N2O2/c1-5(2)10-8-6(7)3-4-9/h5,9H,3-4H2,1-2H3,(H2,7,8). The molecule has 4 heteroatoms. The van der Waals surface area contributed by atoms with Gasteiger partial charge in [0.15, 0.2) is 0 Å². The van der Waals surface area contributed by atoms with E-state index in [2.05, 4.69) is 5.16 Å². The SMILES string of the molecule is CC(C)O/N=C(\N)CCO. The Labute approximate surface area is 60.7 Å². The van der Waals surface area contributed by atoms with E-state index in [0.29, 0.717) is 12.3 Å². The molecule has 3 N–H and O–H groups in total. The summed E-state index contributed by atoms with van der Waals surface area (Å²) in [5.41, 5.74) is 5.30. The molecule has 0 aromatic heterocycles. The number of aliphatic hydroxyl groups excluding tert-OH is 1. The average molecular weight is 146 g/mol. The Hall–Kier alpha value is -0.770. The van der Waals surface area contributed by atoms with Crippen LogP contribution in [0.1, 0.15) is 20.3 Å². The quantitative estimate of drug-likeness (QED) is 0.335. The second-order valence-corrected chi connectivity index (χ2v) is 2.21. The van der Waals surface area contributed by atoms with Gasteiger partial charge in [-0.2, -0.15) is 0 Å². The highest BCUT2D eigenvalue weighted by Crippen LogP contribution is 1.88. The number of rotatable bonds is 4. The monoisotopic (exact) mass is 146 g/mol. The summed E-state index contributed by atoms with van der Waals surface area (Å²) in [5, 5.41) is 11.9. The predicted molar refractivity (Wildman–Crippen MR) is 39.5 cm³/mol. The van der Waals surface area contributed by atoms with Crippen molar-refractivity contribution in [2.45, 2.75) is 26.4 Å². The topological polar surface area (TPSA) is 67.8 Å².